The maximum atomic E-state index is 12.5. The monoisotopic (exact) mass is 386 g/mol. The van der Waals surface area contributed by atoms with Crippen LogP contribution in [0.2, 0.25) is 0 Å². The Morgan fingerprint density at radius 2 is 1.96 bits per heavy atom. The second kappa shape index (κ2) is 8.32. The summed E-state index contributed by atoms with van der Waals surface area (Å²) >= 11 is 1.63. The maximum absolute atomic E-state index is 12.5. The number of carbonyl (C=O) groups is 1. The first-order valence-electron chi connectivity index (χ1n) is 8.00. The summed E-state index contributed by atoms with van der Waals surface area (Å²) < 4.78 is 16.1. The number of amides is 1. The van der Waals surface area contributed by atoms with Crippen molar-refractivity contribution >= 4 is 36.6 Å². The summed E-state index contributed by atoms with van der Waals surface area (Å²) in [6, 6.07) is 16.6. The minimum atomic E-state index is -1.97. The van der Waals surface area contributed by atoms with Gasteiger partial charge in [0.05, 0.1) is 18.0 Å². The van der Waals surface area contributed by atoms with Gasteiger partial charge in [0.25, 0.3) is 5.91 Å². The van der Waals surface area contributed by atoms with Gasteiger partial charge in [-0.25, -0.2) is 0 Å². The molecule has 2 aromatic carbocycles. The molecule has 0 bridgehead atoms. The van der Waals surface area contributed by atoms with Crippen molar-refractivity contribution in [3.8, 4) is 10.4 Å². The molecule has 1 heterocycles. The lowest BCUT2D eigenvalue weighted by Crippen LogP contribution is -2.13. The first kappa shape index (κ1) is 18.4. The van der Waals surface area contributed by atoms with Crippen molar-refractivity contribution in [1.82, 2.24) is 0 Å². The van der Waals surface area contributed by atoms with E-state index in [9.17, 15) is 9.36 Å². The number of rotatable bonds is 6. The van der Waals surface area contributed by atoms with E-state index in [1.807, 2.05) is 29.6 Å². The Kier molecular flexibility index (Phi) is 5.89. The highest BCUT2D eigenvalue weighted by Crippen LogP contribution is 2.30. The number of benzene rings is 2. The van der Waals surface area contributed by atoms with Crippen molar-refractivity contribution in [3.05, 3.63) is 71.1 Å². The van der Waals surface area contributed by atoms with Crippen LogP contribution in [0.1, 0.15) is 15.9 Å². The molecule has 26 heavy (non-hydrogen) atoms. The van der Waals surface area contributed by atoms with Crippen LogP contribution in [0.25, 0.3) is 10.4 Å². The van der Waals surface area contributed by atoms with E-state index in [0.29, 0.717) is 16.9 Å². The quantitative estimate of drug-likeness (QED) is 0.468. The number of hydrogen-bond donors (Lipinski definition) is 2. The number of hydrogen-bond acceptors (Lipinski definition) is 5. The summed E-state index contributed by atoms with van der Waals surface area (Å²) in [5.41, 5.74) is 9.48. The zero-order valence-corrected chi connectivity index (χ0v) is 16.0. The molecule has 0 radical (unpaired) electrons. The van der Waals surface area contributed by atoms with Gasteiger partial charge in [0.1, 0.15) is 0 Å². The molecule has 0 aliphatic carbocycles. The largest absolute Gasteiger partial charge is 0.397 e. The van der Waals surface area contributed by atoms with E-state index in [4.69, 9.17) is 10.3 Å². The van der Waals surface area contributed by atoms with Gasteiger partial charge in [0.15, 0.2) is 8.03 Å². The van der Waals surface area contributed by atoms with Gasteiger partial charge in [0.2, 0.25) is 0 Å². The van der Waals surface area contributed by atoms with Crippen LogP contribution in [0.5, 0.6) is 0 Å². The van der Waals surface area contributed by atoms with Crippen LogP contribution >= 0.6 is 19.4 Å². The average Bonchev–Trinajstić information content (AvgIpc) is 3.17. The molecule has 0 spiro atoms. The third-order valence-corrected chi connectivity index (χ3v) is 5.24. The molecule has 3 aromatic rings. The summed E-state index contributed by atoms with van der Waals surface area (Å²) in [6.07, 6.45) is 0. The Bertz CT molecular complexity index is 924. The van der Waals surface area contributed by atoms with Crippen molar-refractivity contribution in [2.45, 2.75) is 6.61 Å². The lowest BCUT2D eigenvalue weighted by molar-refractivity contribution is 0.102. The minimum Gasteiger partial charge on any atom is -0.397 e. The SMILES string of the molecule is C[PH](=O)OCc1ccc(C(=O)Nc2cc(-c3cccs3)ccc2N)cc1. The van der Waals surface area contributed by atoms with E-state index in [2.05, 4.69) is 5.32 Å². The summed E-state index contributed by atoms with van der Waals surface area (Å²) in [5, 5.41) is 4.87. The highest BCUT2D eigenvalue weighted by molar-refractivity contribution is 7.38. The summed E-state index contributed by atoms with van der Waals surface area (Å²) in [4.78, 5) is 13.6. The van der Waals surface area contributed by atoms with Crippen LogP contribution in [0.4, 0.5) is 11.4 Å². The maximum Gasteiger partial charge on any atom is 0.255 e. The zero-order valence-electron chi connectivity index (χ0n) is 14.2. The molecule has 1 unspecified atom stereocenters. The van der Waals surface area contributed by atoms with Gasteiger partial charge in [-0.1, -0.05) is 24.3 Å². The molecule has 3 N–H and O–H groups in total. The van der Waals surface area contributed by atoms with E-state index in [0.717, 1.165) is 16.0 Å². The predicted molar refractivity (Wildman–Crippen MR) is 108 cm³/mol. The molecule has 5 nitrogen and oxygen atoms in total. The Morgan fingerprint density at radius 1 is 1.19 bits per heavy atom. The number of nitrogens with two attached hydrogens (primary N) is 1. The highest BCUT2D eigenvalue weighted by Gasteiger charge is 2.10. The highest BCUT2D eigenvalue weighted by atomic mass is 32.1. The Labute approximate surface area is 156 Å². The second-order valence-electron chi connectivity index (χ2n) is 5.71. The number of nitrogens with one attached hydrogen (secondary N) is 1. The number of anilines is 2. The van der Waals surface area contributed by atoms with E-state index < -0.39 is 8.03 Å². The molecule has 134 valence electrons. The Hall–Kier alpha value is -2.40. The number of carbonyl (C=O) groups excluding carboxylic acids is 1. The first-order chi connectivity index (χ1) is 12.5. The number of thiophene rings is 1. The summed E-state index contributed by atoms with van der Waals surface area (Å²) in [7, 11) is -1.97. The van der Waals surface area contributed by atoms with Gasteiger partial charge in [0, 0.05) is 17.1 Å². The van der Waals surface area contributed by atoms with Crippen molar-refractivity contribution in [1.29, 1.82) is 0 Å². The predicted octanol–water partition coefficient (Wildman–Crippen LogP) is 4.87. The topological polar surface area (TPSA) is 81.4 Å². The van der Waals surface area contributed by atoms with E-state index in [1.165, 1.54) is 0 Å². The summed E-state index contributed by atoms with van der Waals surface area (Å²) in [5.74, 6) is -0.239. The number of nitrogen functional groups attached to an aromatic ring is 1. The fourth-order valence-electron chi connectivity index (χ4n) is 2.39. The smallest absolute Gasteiger partial charge is 0.255 e. The van der Waals surface area contributed by atoms with Gasteiger partial charge in [-0.2, -0.15) is 0 Å². The van der Waals surface area contributed by atoms with Crippen molar-refractivity contribution in [3.63, 3.8) is 0 Å². The van der Waals surface area contributed by atoms with Crippen LogP contribution in [0.15, 0.2) is 60.0 Å². The standard InChI is InChI=1S/C19H19N2O3PS/c1-25(23)24-12-13-4-6-14(7-5-13)19(22)21-17-11-15(8-9-16(17)20)18-3-2-10-26-18/h2-11,25H,12,20H2,1H3,(H,21,22). The van der Waals surface area contributed by atoms with Gasteiger partial charge >= 0.3 is 0 Å². The molecule has 3 rings (SSSR count). The molecule has 0 aliphatic rings. The van der Waals surface area contributed by atoms with E-state index in [1.54, 1.807) is 48.3 Å². The minimum absolute atomic E-state index is 0.239. The normalized spacial score (nSPS) is 11.9. The lowest BCUT2D eigenvalue weighted by atomic mass is 10.1. The molecular weight excluding hydrogens is 367 g/mol. The molecular formula is C19H19N2O3PS. The van der Waals surface area contributed by atoms with Crippen LogP contribution in [0, 0.1) is 0 Å². The van der Waals surface area contributed by atoms with Crippen molar-refractivity contribution < 1.29 is 13.9 Å². The third-order valence-electron chi connectivity index (χ3n) is 3.77. The van der Waals surface area contributed by atoms with Gasteiger partial charge in [-0.3, -0.25) is 9.36 Å². The van der Waals surface area contributed by atoms with E-state index >= 15 is 0 Å². The Balaban J connectivity index is 1.73. The second-order valence-corrected chi connectivity index (χ2v) is 7.93. The van der Waals surface area contributed by atoms with Crippen LogP contribution < -0.4 is 11.1 Å². The lowest BCUT2D eigenvalue weighted by Gasteiger charge is -2.10. The molecule has 7 heteroatoms. The van der Waals surface area contributed by atoms with Crippen molar-refractivity contribution in [2.75, 3.05) is 17.7 Å². The molecule has 0 saturated carbocycles. The zero-order chi connectivity index (χ0) is 18.5. The average molecular weight is 386 g/mol. The van der Waals surface area contributed by atoms with Crippen LogP contribution in [0.3, 0.4) is 0 Å². The summed E-state index contributed by atoms with van der Waals surface area (Å²) in [6.45, 7) is 1.81. The molecule has 1 atom stereocenters. The first-order valence-corrected chi connectivity index (χ1v) is 10.7. The molecule has 1 amide bonds. The fraction of sp³-hybridized carbons (Fsp3) is 0.105. The third kappa shape index (κ3) is 4.61. The fourth-order valence-corrected chi connectivity index (χ4v) is 3.49. The molecule has 0 saturated heterocycles. The molecule has 1 aromatic heterocycles. The van der Waals surface area contributed by atoms with Crippen molar-refractivity contribution in [2.24, 2.45) is 0 Å². The molecule has 0 aliphatic heterocycles. The van der Waals surface area contributed by atoms with Gasteiger partial charge in [-0.15, -0.1) is 11.3 Å². The van der Waals surface area contributed by atoms with Gasteiger partial charge in [-0.05, 0) is 46.8 Å². The van der Waals surface area contributed by atoms with E-state index in [-0.39, 0.29) is 12.5 Å². The Morgan fingerprint density at radius 3 is 2.62 bits per heavy atom. The van der Waals surface area contributed by atoms with Crippen LogP contribution in [-0.2, 0) is 15.7 Å². The molecule has 0 fully saturated rings. The van der Waals surface area contributed by atoms with Gasteiger partial charge < -0.3 is 15.6 Å². The van der Waals surface area contributed by atoms with Crippen LogP contribution in [-0.4, -0.2) is 12.6 Å².